The molecule has 0 fully saturated rings. The fraction of sp³-hybridized carbons (Fsp3) is 0.100. The zero-order valence-corrected chi connectivity index (χ0v) is 15.9. The lowest BCUT2D eigenvalue weighted by Crippen LogP contribution is -2.30. The summed E-state index contributed by atoms with van der Waals surface area (Å²) in [5.74, 6) is 0.699. The first-order valence-electron chi connectivity index (χ1n) is 8.90. The van der Waals surface area contributed by atoms with Crippen molar-refractivity contribution in [2.45, 2.75) is 17.9 Å². The standard InChI is InChI=1S/C20H17N7S/c1-13(26-20-18-19(23-11-22-18)24-12-25-20)16-10-15-17(8-5-9-21-15)28-27(16)14-6-3-2-4-7-14/h2-13H,1H3,(H2,22,23,24,25,26)/t13-/m0/s1. The molecule has 0 amide bonds. The molecule has 4 heterocycles. The van der Waals surface area contributed by atoms with Gasteiger partial charge >= 0.3 is 0 Å². The first kappa shape index (κ1) is 16.8. The van der Waals surface area contributed by atoms with Crippen molar-refractivity contribution >= 4 is 40.7 Å². The van der Waals surface area contributed by atoms with Gasteiger partial charge in [-0.25, -0.2) is 15.0 Å². The van der Waals surface area contributed by atoms with Gasteiger partial charge in [0.2, 0.25) is 0 Å². The summed E-state index contributed by atoms with van der Waals surface area (Å²) in [6.07, 6.45) is 7.10. The van der Waals surface area contributed by atoms with Crippen molar-refractivity contribution in [2.75, 3.05) is 9.62 Å². The monoisotopic (exact) mass is 387 g/mol. The van der Waals surface area contributed by atoms with E-state index in [1.54, 1.807) is 18.3 Å². The fourth-order valence-corrected chi connectivity index (χ4v) is 4.24. The zero-order valence-electron chi connectivity index (χ0n) is 15.1. The van der Waals surface area contributed by atoms with Crippen molar-refractivity contribution in [1.82, 2.24) is 24.9 Å². The Labute approximate surface area is 166 Å². The number of benzene rings is 1. The van der Waals surface area contributed by atoms with E-state index >= 15 is 0 Å². The topological polar surface area (TPSA) is 82.6 Å². The van der Waals surface area contributed by atoms with Gasteiger partial charge in [-0.1, -0.05) is 18.2 Å². The van der Waals surface area contributed by atoms with Gasteiger partial charge in [-0.05, 0) is 49.2 Å². The molecule has 0 radical (unpaired) electrons. The Morgan fingerprint density at radius 3 is 2.82 bits per heavy atom. The number of nitrogens with one attached hydrogen (secondary N) is 2. The number of hydrogen-bond acceptors (Lipinski definition) is 7. The summed E-state index contributed by atoms with van der Waals surface area (Å²) in [5, 5.41) is 3.49. The average molecular weight is 387 g/mol. The third-order valence-corrected chi connectivity index (χ3v) is 5.66. The molecular formula is C20H17N7S. The van der Waals surface area contributed by atoms with Crippen molar-refractivity contribution in [3.05, 3.63) is 72.7 Å². The number of anilines is 2. The Kier molecular flexibility index (Phi) is 4.17. The van der Waals surface area contributed by atoms with E-state index in [-0.39, 0.29) is 6.04 Å². The molecule has 1 aliphatic heterocycles. The molecule has 0 spiro atoms. The first-order chi connectivity index (χ1) is 13.8. The summed E-state index contributed by atoms with van der Waals surface area (Å²) in [4.78, 5) is 21.6. The Hall–Kier alpha value is -3.39. The molecule has 2 N–H and O–H groups in total. The van der Waals surface area contributed by atoms with Gasteiger partial charge in [-0.2, -0.15) is 0 Å². The van der Waals surface area contributed by atoms with Gasteiger partial charge in [0.05, 0.1) is 34.3 Å². The van der Waals surface area contributed by atoms with Crippen LogP contribution < -0.4 is 9.62 Å². The highest BCUT2D eigenvalue weighted by atomic mass is 32.2. The number of pyridine rings is 1. The maximum atomic E-state index is 4.53. The molecule has 0 saturated carbocycles. The van der Waals surface area contributed by atoms with Crippen LogP contribution in [0.2, 0.25) is 0 Å². The lowest BCUT2D eigenvalue weighted by molar-refractivity contribution is 0.898. The van der Waals surface area contributed by atoms with E-state index in [0.717, 1.165) is 27.5 Å². The smallest absolute Gasteiger partial charge is 0.162 e. The molecule has 0 aliphatic carbocycles. The van der Waals surface area contributed by atoms with Crippen LogP contribution >= 0.6 is 11.9 Å². The number of nitrogens with zero attached hydrogens (tertiary/aromatic N) is 5. The highest BCUT2D eigenvalue weighted by molar-refractivity contribution is 8.01. The van der Waals surface area contributed by atoms with Gasteiger partial charge in [-0.15, -0.1) is 0 Å². The van der Waals surface area contributed by atoms with E-state index in [0.29, 0.717) is 11.5 Å². The normalized spacial score (nSPS) is 14.5. The van der Waals surface area contributed by atoms with Crippen molar-refractivity contribution in [1.29, 1.82) is 0 Å². The van der Waals surface area contributed by atoms with Gasteiger partial charge in [0.15, 0.2) is 11.5 Å². The first-order valence-corrected chi connectivity index (χ1v) is 9.67. The molecule has 0 bridgehead atoms. The number of H-pyrrole nitrogens is 1. The zero-order chi connectivity index (χ0) is 18.9. The molecule has 1 aliphatic rings. The van der Waals surface area contributed by atoms with Crippen molar-refractivity contribution < 1.29 is 0 Å². The fourth-order valence-electron chi connectivity index (χ4n) is 3.15. The van der Waals surface area contributed by atoms with Crippen molar-refractivity contribution in [2.24, 2.45) is 0 Å². The highest BCUT2D eigenvalue weighted by Crippen LogP contribution is 2.40. The lowest BCUT2D eigenvalue weighted by Gasteiger charge is -2.33. The van der Waals surface area contributed by atoms with Crippen LogP contribution in [0.15, 0.2) is 71.9 Å². The van der Waals surface area contributed by atoms with E-state index in [1.807, 2.05) is 30.5 Å². The molecule has 1 aromatic carbocycles. The molecule has 28 heavy (non-hydrogen) atoms. The van der Waals surface area contributed by atoms with Crippen molar-refractivity contribution in [3.63, 3.8) is 0 Å². The molecule has 0 unspecified atom stereocenters. The summed E-state index contributed by atoms with van der Waals surface area (Å²) in [6, 6.07) is 14.3. The minimum atomic E-state index is -0.0299. The average Bonchev–Trinajstić information content (AvgIpc) is 3.23. The summed E-state index contributed by atoms with van der Waals surface area (Å²) < 4.78 is 2.23. The van der Waals surface area contributed by atoms with Gasteiger partial charge < -0.3 is 10.3 Å². The Morgan fingerprint density at radius 1 is 1.04 bits per heavy atom. The number of aromatic nitrogens is 5. The molecule has 138 valence electrons. The van der Waals surface area contributed by atoms with Crippen LogP contribution in [0.1, 0.15) is 12.6 Å². The molecule has 4 aromatic rings. The number of fused-ring (bicyclic) bond motifs is 2. The van der Waals surface area contributed by atoms with E-state index in [1.165, 1.54) is 6.33 Å². The van der Waals surface area contributed by atoms with Crippen LogP contribution in [0.3, 0.4) is 0 Å². The molecular weight excluding hydrogens is 370 g/mol. The lowest BCUT2D eigenvalue weighted by atomic mass is 10.1. The van der Waals surface area contributed by atoms with Crippen LogP contribution in [0.4, 0.5) is 11.5 Å². The summed E-state index contributed by atoms with van der Waals surface area (Å²) >= 11 is 1.67. The van der Waals surface area contributed by atoms with Crippen LogP contribution in [0.5, 0.6) is 0 Å². The third-order valence-electron chi connectivity index (χ3n) is 4.51. The van der Waals surface area contributed by atoms with Crippen LogP contribution in [0.25, 0.3) is 17.2 Å². The molecule has 0 saturated heterocycles. The Balaban J connectivity index is 1.54. The van der Waals surface area contributed by atoms with Gasteiger partial charge in [0.1, 0.15) is 11.8 Å². The number of rotatable bonds is 4. The second kappa shape index (κ2) is 6.97. The van der Waals surface area contributed by atoms with Crippen molar-refractivity contribution in [3.8, 4) is 0 Å². The van der Waals surface area contributed by atoms with E-state index in [4.69, 9.17) is 0 Å². The molecule has 5 rings (SSSR count). The number of imidazole rings is 1. The minimum absolute atomic E-state index is 0.0299. The van der Waals surface area contributed by atoms with Gasteiger partial charge in [-0.3, -0.25) is 9.29 Å². The molecule has 8 heteroatoms. The van der Waals surface area contributed by atoms with Gasteiger partial charge in [0, 0.05) is 6.20 Å². The molecule has 1 atom stereocenters. The Morgan fingerprint density at radius 2 is 1.93 bits per heavy atom. The molecule has 3 aromatic heterocycles. The quantitative estimate of drug-likeness (QED) is 0.510. The number of hydrogen-bond donors (Lipinski definition) is 2. The Bertz CT molecular complexity index is 1160. The van der Waals surface area contributed by atoms with Crippen LogP contribution in [-0.4, -0.2) is 31.0 Å². The summed E-state index contributed by atoms with van der Waals surface area (Å²) in [7, 11) is 0. The predicted octanol–water partition coefficient (Wildman–Crippen LogP) is 4.12. The van der Waals surface area contributed by atoms with Gasteiger partial charge in [0.25, 0.3) is 0 Å². The molecule has 7 nitrogen and oxygen atoms in total. The third kappa shape index (κ3) is 2.97. The maximum absolute atomic E-state index is 4.53. The van der Waals surface area contributed by atoms with Crippen LogP contribution in [-0.2, 0) is 0 Å². The maximum Gasteiger partial charge on any atom is 0.162 e. The largest absolute Gasteiger partial charge is 0.360 e. The summed E-state index contributed by atoms with van der Waals surface area (Å²) in [5.41, 5.74) is 4.60. The number of para-hydroxylation sites is 1. The minimum Gasteiger partial charge on any atom is -0.360 e. The number of aromatic amines is 1. The van der Waals surface area contributed by atoms with E-state index in [9.17, 15) is 0 Å². The second-order valence-corrected chi connectivity index (χ2v) is 7.35. The second-order valence-electron chi connectivity index (χ2n) is 6.37. The highest BCUT2D eigenvalue weighted by Gasteiger charge is 2.26. The summed E-state index contributed by atoms with van der Waals surface area (Å²) in [6.45, 7) is 2.11. The van der Waals surface area contributed by atoms with E-state index < -0.39 is 0 Å². The SMILES string of the molecule is C[C@H](Nc1ncnc2[nH]cnc12)C1=Cc2ncccc2SN1c1ccccc1. The predicted molar refractivity (Wildman–Crippen MR) is 112 cm³/mol. The van der Waals surface area contributed by atoms with E-state index in [2.05, 4.69) is 65.7 Å². The van der Waals surface area contributed by atoms with Crippen LogP contribution in [0, 0.1) is 0 Å².